The number of ether oxygens (including phenoxy) is 2. The first-order chi connectivity index (χ1) is 12.6. The van der Waals surface area contributed by atoms with Crippen LogP contribution in [0.3, 0.4) is 0 Å². The molecule has 1 unspecified atom stereocenters. The second-order valence-electron chi connectivity index (χ2n) is 7.02. The predicted molar refractivity (Wildman–Crippen MR) is 96.6 cm³/mol. The Balaban J connectivity index is 2.10. The minimum atomic E-state index is -0.609. The van der Waals surface area contributed by atoms with Crippen molar-refractivity contribution in [1.29, 1.82) is 0 Å². The molecule has 0 fully saturated rings. The highest BCUT2D eigenvalue weighted by Crippen LogP contribution is 2.28. The van der Waals surface area contributed by atoms with Crippen molar-refractivity contribution in [3.63, 3.8) is 0 Å². The Morgan fingerprint density at radius 1 is 1.30 bits per heavy atom. The third-order valence-electron chi connectivity index (χ3n) is 3.63. The number of nitrogens with two attached hydrogens (primary N) is 1. The van der Waals surface area contributed by atoms with Gasteiger partial charge in [-0.05, 0) is 25.1 Å². The zero-order valence-electron chi connectivity index (χ0n) is 16.0. The molecule has 2 amide bonds. The lowest BCUT2D eigenvalue weighted by Gasteiger charge is -2.13. The van der Waals surface area contributed by atoms with Crippen molar-refractivity contribution < 1.29 is 23.6 Å². The van der Waals surface area contributed by atoms with Gasteiger partial charge in [-0.1, -0.05) is 25.9 Å². The molecule has 0 saturated carbocycles. The van der Waals surface area contributed by atoms with E-state index < -0.39 is 11.9 Å². The Morgan fingerprint density at radius 2 is 2.00 bits per heavy atom. The van der Waals surface area contributed by atoms with Crippen LogP contribution in [-0.4, -0.2) is 35.7 Å². The number of amides is 2. The van der Waals surface area contributed by atoms with Gasteiger partial charge in [0.15, 0.2) is 23.9 Å². The third-order valence-corrected chi connectivity index (χ3v) is 3.63. The van der Waals surface area contributed by atoms with E-state index in [2.05, 4.69) is 15.5 Å². The predicted octanol–water partition coefficient (Wildman–Crippen LogP) is 1.73. The lowest BCUT2D eigenvalue weighted by atomic mass is 9.96. The zero-order valence-corrected chi connectivity index (χ0v) is 16.0. The first-order valence-corrected chi connectivity index (χ1v) is 8.36. The summed E-state index contributed by atoms with van der Waals surface area (Å²) in [5, 5.41) is 6.74. The van der Waals surface area contributed by atoms with Crippen LogP contribution >= 0.6 is 0 Å². The van der Waals surface area contributed by atoms with Crippen LogP contribution in [0, 0.1) is 0 Å². The van der Waals surface area contributed by atoms with Crippen LogP contribution in [-0.2, 0) is 10.2 Å². The van der Waals surface area contributed by atoms with E-state index in [4.69, 9.17) is 19.7 Å². The van der Waals surface area contributed by atoms with E-state index in [0.717, 1.165) is 0 Å². The van der Waals surface area contributed by atoms with Crippen LogP contribution in [0.25, 0.3) is 0 Å². The van der Waals surface area contributed by atoms with E-state index in [1.807, 2.05) is 20.8 Å². The molecular weight excluding hydrogens is 352 g/mol. The van der Waals surface area contributed by atoms with Crippen molar-refractivity contribution in [2.24, 2.45) is 5.73 Å². The number of aromatic nitrogens is 2. The van der Waals surface area contributed by atoms with E-state index in [0.29, 0.717) is 28.8 Å². The maximum Gasteiger partial charge on any atom is 0.255 e. The Kier molecular flexibility index (Phi) is 6.04. The summed E-state index contributed by atoms with van der Waals surface area (Å²) in [6, 6.07) is 4.12. The van der Waals surface area contributed by atoms with E-state index >= 15 is 0 Å². The largest absolute Gasteiger partial charge is 0.493 e. The third kappa shape index (κ3) is 5.19. The molecule has 0 radical (unpaired) electrons. The molecular formula is C18H24N4O5. The Hall–Kier alpha value is -3.10. The van der Waals surface area contributed by atoms with Crippen molar-refractivity contribution in [3.05, 3.63) is 35.5 Å². The first kappa shape index (κ1) is 20.2. The average Bonchev–Trinajstić information content (AvgIpc) is 3.10. The first-order valence-electron chi connectivity index (χ1n) is 8.36. The Labute approximate surface area is 157 Å². The number of benzene rings is 1. The van der Waals surface area contributed by atoms with Crippen LogP contribution in [0.5, 0.6) is 11.5 Å². The van der Waals surface area contributed by atoms with Crippen LogP contribution in [0.1, 0.15) is 55.8 Å². The molecule has 0 aliphatic heterocycles. The van der Waals surface area contributed by atoms with Gasteiger partial charge in [0.25, 0.3) is 11.8 Å². The SMILES string of the molecule is COc1cc(C(=O)NC(C)c2nc(C(C)(C)C)no2)ccc1OCC(N)=O. The van der Waals surface area contributed by atoms with Gasteiger partial charge in [0.2, 0.25) is 5.89 Å². The standard InChI is InChI=1S/C18H24N4O5/c1-10(16-21-17(22-27-16)18(2,3)4)20-15(24)11-6-7-12(13(8-11)25-5)26-9-14(19)23/h6-8,10H,9H2,1-5H3,(H2,19,23)(H,20,24). The van der Waals surface area contributed by atoms with Gasteiger partial charge in [-0.15, -0.1) is 0 Å². The van der Waals surface area contributed by atoms with Crippen LogP contribution in [0.15, 0.2) is 22.7 Å². The number of nitrogens with zero attached hydrogens (tertiary/aromatic N) is 2. The molecule has 0 saturated heterocycles. The highest BCUT2D eigenvalue weighted by atomic mass is 16.5. The Morgan fingerprint density at radius 3 is 2.56 bits per heavy atom. The fourth-order valence-electron chi connectivity index (χ4n) is 2.13. The molecule has 1 aromatic heterocycles. The van der Waals surface area contributed by atoms with Crippen LogP contribution < -0.4 is 20.5 Å². The van der Waals surface area contributed by atoms with Crippen molar-refractivity contribution in [2.45, 2.75) is 39.2 Å². The lowest BCUT2D eigenvalue weighted by molar-refractivity contribution is -0.119. The number of carbonyl (C=O) groups excluding carboxylic acids is 2. The normalized spacial score (nSPS) is 12.3. The molecule has 0 aliphatic carbocycles. The number of rotatable bonds is 7. The molecule has 146 valence electrons. The second kappa shape index (κ2) is 8.07. The van der Waals surface area contributed by atoms with Crippen molar-refractivity contribution in [2.75, 3.05) is 13.7 Å². The molecule has 27 heavy (non-hydrogen) atoms. The fraction of sp³-hybridized carbons (Fsp3) is 0.444. The summed E-state index contributed by atoms with van der Waals surface area (Å²) in [5.41, 5.74) is 5.16. The van der Waals surface area contributed by atoms with Gasteiger partial charge in [0, 0.05) is 11.0 Å². The van der Waals surface area contributed by atoms with E-state index in [9.17, 15) is 9.59 Å². The van der Waals surface area contributed by atoms with Gasteiger partial charge in [-0.3, -0.25) is 9.59 Å². The lowest BCUT2D eigenvalue weighted by Crippen LogP contribution is -2.27. The monoisotopic (exact) mass is 376 g/mol. The van der Waals surface area contributed by atoms with E-state index in [-0.39, 0.29) is 17.9 Å². The number of hydrogen-bond acceptors (Lipinski definition) is 7. The summed E-state index contributed by atoms with van der Waals surface area (Å²) in [4.78, 5) is 27.7. The summed E-state index contributed by atoms with van der Waals surface area (Å²) in [6.07, 6.45) is 0. The maximum absolute atomic E-state index is 12.5. The van der Waals surface area contributed by atoms with Crippen LogP contribution in [0.4, 0.5) is 0 Å². The van der Waals surface area contributed by atoms with Gasteiger partial charge in [-0.25, -0.2) is 0 Å². The highest BCUT2D eigenvalue weighted by Gasteiger charge is 2.24. The molecule has 0 spiro atoms. The topological polar surface area (TPSA) is 130 Å². The van der Waals surface area contributed by atoms with Crippen molar-refractivity contribution in [3.8, 4) is 11.5 Å². The average molecular weight is 376 g/mol. The smallest absolute Gasteiger partial charge is 0.255 e. The van der Waals surface area contributed by atoms with E-state index in [1.54, 1.807) is 13.0 Å². The van der Waals surface area contributed by atoms with Gasteiger partial charge in [0.05, 0.1) is 7.11 Å². The number of methoxy groups -OCH3 is 1. The molecule has 9 nitrogen and oxygen atoms in total. The van der Waals surface area contributed by atoms with Crippen molar-refractivity contribution in [1.82, 2.24) is 15.5 Å². The molecule has 0 aliphatic rings. The number of primary amides is 1. The van der Waals surface area contributed by atoms with Crippen LogP contribution in [0.2, 0.25) is 0 Å². The summed E-state index contributed by atoms with van der Waals surface area (Å²) >= 11 is 0. The molecule has 2 rings (SSSR count). The summed E-state index contributed by atoms with van der Waals surface area (Å²) < 4.78 is 15.7. The maximum atomic E-state index is 12.5. The molecule has 2 aromatic rings. The van der Waals surface area contributed by atoms with Gasteiger partial charge in [0.1, 0.15) is 6.04 Å². The zero-order chi connectivity index (χ0) is 20.2. The summed E-state index contributed by atoms with van der Waals surface area (Å²) in [6.45, 7) is 7.38. The van der Waals surface area contributed by atoms with E-state index in [1.165, 1.54) is 19.2 Å². The molecule has 1 aromatic carbocycles. The van der Waals surface area contributed by atoms with Gasteiger partial charge < -0.3 is 25.0 Å². The van der Waals surface area contributed by atoms with Crippen molar-refractivity contribution >= 4 is 11.8 Å². The van der Waals surface area contributed by atoms with Gasteiger partial charge in [-0.2, -0.15) is 4.98 Å². The fourth-order valence-corrected chi connectivity index (χ4v) is 2.13. The number of nitrogens with one attached hydrogen (secondary N) is 1. The quantitative estimate of drug-likeness (QED) is 0.752. The molecule has 3 N–H and O–H groups in total. The highest BCUT2D eigenvalue weighted by molar-refractivity contribution is 5.95. The molecule has 1 atom stereocenters. The Bertz CT molecular complexity index is 825. The number of carbonyl (C=O) groups is 2. The molecule has 9 heteroatoms. The second-order valence-corrected chi connectivity index (χ2v) is 7.02. The minimum absolute atomic E-state index is 0.250. The summed E-state index contributed by atoms with van der Waals surface area (Å²) in [5.74, 6) is 0.550. The summed E-state index contributed by atoms with van der Waals surface area (Å²) in [7, 11) is 1.43. The number of hydrogen-bond donors (Lipinski definition) is 2. The molecule has 0 bridgehead atoms. The minimum Gasteiger partial charge on any atom is -0.493 e. The van der Waals surface area contributed by atoms with Gasteiger partial charge >= 0.3 is 0 Å². The molecule has 1 heterocycles.